The Morgan fingerprint density at radius 1 is 0.552 bits per heavy atom. The molecule has 2 unspecified atom stereocenters. The Morgan fingerprint density at radius 2 is 1.03 bits per heavy atom. The quantitative estimate of drug-likeness (QED) is 0.0198. The van der Waals surface area contributed by atoms with Crippen molar-refractivity contribution >= 4 is 17.9 Å². The first-order valence-corrected chi connectivity index (χ1v) is 22.2. The van der Waals surface area contributed by atoms with Gasteiger partial charge in [0.25, 0.3) is 0 Å². The Balaban J connectivity index is 4.58. The van der Waals surface area contributed by atoms with Crippen LogP contribution in [0.5, 0.6) is 0 Å². The van der Waals surface area contributed by atoms with E-state index in [1.54, 1.807) is 6.08 Å². The highest BCUT2D eigenvalue weighted by atomic mass is 16.7. The van der Waals surface area contributed by atoms with Gasteiger partial charge in [0.1, 0.15) is 13.2 Å². The molecule has 0 aromatic carbocycles. The standard InChI is InChI=1S/C49H81NO8/c1-6-8-10-12-14-16-18-20-22-23-24-26-27-29-31-33-35-37-39-46(51)56-43-45(44-57-49(48(53)54)55-42-41-50(3,4)5)58-47(52)40-38-36-34-32-30-28-25-21-19-17-15-13-11-9-7-2/h9,11,15-18,21-23,25,30,32,36,38,45,49H,6-8,10,12-14,19-20,24,26-29,31,33-35,37,39-44H2,1-5H3/b11-9-,17-15-,18-16-,23-22-,25-21-,32-30-,38-36-. The van der Waals surface area contributed by atoms with Crippen LogP contribution in [0.1, 0.15) is 149 Å². The molecule has 0 rings (SSSR count). The molecule has 0 bridgehead atoms. The maximum atomic E-state index is 12.7. The van der Waals surface area contributed by atoms with Gasteiger partial charge in [-0.25, -0.2) is 0 Å². The number of unbranched alkanes of at least 4 members (excludes halogenated alkanes) is 11. The third-order valence-corrected chi connectivity index (χ3v) is 8.91. The van der Waals surface area contributed by atoms with Crippen LogP contribution in [0.15, 0.2) is 85.1 Å². The number of ether oxygens (including phenoxy) is 4. The molecule has 58 heavy (non-hydrogen) atoms. The van der Waals surface area contributed by atoms with E-state index in [-0.39, 0.29) is 32.7 Å². The van der Waals surface area contributed by atoms with E-state index in [1.807, 2.05) is 33.3 Å². The number of carboxylic acid groups (broad SMARTS) is 1. The van der Waals surface area contributed by atoms with E-state index in [9.17, 15) is 19.5 Å². The summed E-state index contributed by atoms with van der Waals surface area (Å²) >= 11 is 0. The van der Waals surface area contributed by atoms with Crippen molar-refractivity contribution in [2.24, 2.45) is 0 Å². The maximum Gasteiger partial charge on any atom is 0.310 e. The normalized spacial score (nSPS) is 13.7. The minimum atomic E-state index is -1.65. The van der Waals surface area contributed by atoms with Gasteiger partial charge < -0.3 is 33.3 Å². The van der Waals surface area contributed by atoms with Gasteiger partial charge in [-0.2, -0.15) is 0 Å². The van der Waals surface area contributed by atoms with Gasteiger partial charge in [0.15, 0.2) is 12.4 Å². The average Bonchev–Trinajstić information content (AvgIpc) is 3.18. The van der Waals surface area contributed by atoms with Crippen LogP contribution in [0.25, 0.3) is 0 Å². The van der Waals surface area contributed by atoms with E-state index < -0.39 is 30.3 Å². The average molecular weight is 812 g/mol. The van der Waals surface area contributed by atoms with Crippen LogP contribution in [-0.4, -0.2) is 82.3 Å². The molecule has 0 aromatic heterocycles. The zero-order chi connectivity index (χ0) is 42.8. The Morgan fingerprint density at radius 3 is 1.55 bits per heavy atom. The molecule has 330 valence electrons. The SMILES string of the molecule is CC/C=C\C/C=C\C/C=C\C/C=C\C/C=C\CC(=O)OC(COC(=O)CCCCCCCCC/C=C\C/C=C\CCCCCC)COC(OCC[N+](C)(C)C)C(=O)[O-]. The monoisotopic (exact) mass is 812 g/mol. The lowest BCUT2D eigenvalue weighted by molar-refractivity contribution is -0.870. The van der Waals surface area contributed by atoms with E-state index in [0.29, 0.717) is 23.9 Å². The molecular weight excluding hydrogens is 731 g/mol. The summed E-state index contributed by atoms with van der Waals surface area (Å²) in [7, 11) is 5.87. The molecule has 9 heteroatoms. The smallest absolute Gasteiger partial charge is 0.310 e. The Bertz CT molecular complexity index is 1220. The number of allylic oxidation sites excluding steroid dienone is 13. The molecule has 0 radical (unpaired) electrons. The fourth-order valence-electron chi connectivity index (χ4n) is 5.46. The molecule has 2 atom stereocenters. The van der Waals surface area contributed by atoms with Crippen LogP contribution in [-0.2, 0) is 33.3 Å². The second-order valence-corrected chi connectivity index (χ2v) is 15.6. The number of rotatable bonds is 39. The number of carbonyl (C=O) groups excluding carboxylic acids is 3. The van der Waals surface area contributed by atoms with Gasteiger partial charge in [-0.15, -0.1) is 0 Å². The lowest BCUT2D eigenvalue weighted by Gasteiger charge is -2.26. The summed E-state index contributed by atoms with van der Waals surface area (Å²) in [6.45, 7) is 4.46. The van der Waals surface area contributed by atoms with Crippen LogP contribution in [0.2, 0.25) is 0 Å². The summed E-state index contributed by atoms with van der Waals surface area (Å²) < 4.78 is 22.4. The Labute approximate surface area is 353 Å². The zero-order valence-corrected chi connectivity index (χ0v) is 37.1. The molecule has 0 aliphatic heterocycles. The summed E-state index contributed by atoms with van der Waals surface area (Å²) in [4.78, 5) is 36.9. The van der Waals surface area contributed by atoms with Gasteiger partial charge >= 0.3 is 11.9 Å². The van der Waals surface area contributed by atoms with E-state index >= 15 is 0 Å². The van der Waals surface area contributed by atoms with Crippen LogP contribution < -0.4 is 5.11 Å². The minimum absolute atomic E-state index is 0.00941. The molecule has 0 saturated heterocycles. The summed E-state index contributed by atoms with van der Waals surface area (Å²) in [5, 5.41) is 11.7. The van der Waals surface area contributed by atoms with E-state index in [1.165, 1.54) is 51.4 Å². The van der Waals surface area contributed by atoms with Crippen LogP contribution in [0.4, 0.5) is 0 Å². The lowest BCUT2D eigenvalue weighted by atomic mass is 10.1. The first-order valence-electron chi connectivity index (χ1n) is 22.2. The van der Waals surface area contributed by atoms with E-state index in [2.05, 4.69) is 80.7 Å². The number of esters is 2. The number of hydrogen-bond acceptors (Lipinski definition) is 8. The molecule has 0 heterocycles. The van der Waals surface area contributed by atoms with Crippen LogP contribution in [0.3, 0.4) is 0 Å². The topological polar surface area (TPSA) is 111 Å². The lowest BCUT2D eigenvalue weighted by Crippen LogP contribution is -2.44. The molecule has 0 saturated carbocycles. The van der Waals surface area contributed by atoms with Crippen molar-refractivity contribution < 1.29 is 42.9 Å². The predicted octanol–water partition coefficient (Wildman–Crippen LogP) is 10.4. The van der Waals surface area contributed by atoms with Crippen LogP contribution >= 0.6 is 0 Å². The van der Waals surface area contributed by atoms with Gasteiger partial charge in [0.2, 0.25) is 0 Å². The third kappa shape index (κ3) is 40.7. The first-order chi connectivity index (χ1) is 28.1. The van der Waals surface area contributed by atoms with Crippen molar-refractivity contribution in [2.45, 2.75) is 161 Å². The van der Waals surface area contributed by atoms with Crippen molar-refractivity contribution in [2.75, 3.05) is 47.5 Å². The minimum Gasteiger partial charge on any atom is -0.545 e. The molecule has 9 nitrogen and oxygen atoms in total. The number of nitrogens with zero attached hydrogens (tertiary/aromatic N) is 1. The fraction of sp³-hybridized carbons (Fsp3) is 0.653. The summed E-state index contributed by atoms with van der Waals surface area (Å²) in [6, 6.07) is 0. The number of likely N-dealkylation sites (N-methyl/N-ethyl adjacent to an activating group) is 1. The van der Waals surface area contributed by atoms with Gasteiger partial charge in [-0.05, 0) is 70.6 Å². The zero-order valence-electron chi connectivity index (χ0n) is 37.1. The van der Waals surface area contributed by atoms with Crippen LogP contribution in [0, 0.1) is 0 Å². The fourth-order valence-corrected chi connectivity index (χ4v) is 5.46. The number of quaternary nitrogens is 1. The number of carboxylic acids is 1. The number of hydrogen-bond donors (Lipinski definition) is 0. The highest BCUT2D eigenvalue weighted by Gasteiger charge is 2.21. The van der Waals surface area contributed by atoms with Crippen molar-refractivity contribution in [3.8, 4) is 0 Å². The number of aliphatic carboxylic acids is 1. The highest BCUT2D eigenvalue weighted by Crippen LogP contribution is 2.12. The second kappa shape index (κ2) is 40.3. The molecule has 0 aromatic rings. The molecule has 0 aliphatic rings. The molecule has 0 spiro atoms. The number of carbonyl (C=O) groups is 3. The molecule has 0 N–H and O–H groups in total. The van der Waals surface area contributed by atoms with Crippen molar-refractivity contribution in [1.29, 1.82) is 0 Å². The Hall–Kier alpha value is -3.53. The van der Waals surface area contributed by atoms with E-state index in [0.717, 1.165) is 57.8 Å². The maximum absolute atomic E-state index is 12.7. The van der Waals surface area contributed by atoms with E-state index in [4.69, 9.17) is 18.9 Å². The van der Waals surface area contributed by atoms with Crippen molar-refractivity contribution in [3.63, 3.8) is 0 Å². The van der Waals surface area contributed by atoms with Gasteiger partial charge in [0.05, 0.1) is 46.7 Å². The van der Waals surface area contributed by atoms with Gasteiger partial charge in [-0.1, -0.05) is 150 Å². The second-order valence-electron chi connectivity index (χ2n) is 15.6. The van der Waals surface area contributed by atoms with Crippen molar-refractivity contribution in [1.82, 2.24) is 0 Å². The summed E-state index contributed by atoms with van der Waals surface area (Å²) in [5.41, 5.74) is 0. The van der Waals surface area contributed by atoms with Crippen molar-refractivity contribution in [3.05, 3.63) is 85.1 Å². The Kier molecular flexibility index (Phi) is 37.8. The molecule has 0 amide bonds. The highest BCUT2D eigenvalue weighted by molar-refractivity contribution is 5.71. The molecule has 0 fully saturated rings. The van der Waals surface area contributed by atoms with Gasteiger partial charge in [0, 0.05) is 6.42 Å². The van der Waals surface area contributed by atoms with Gasteiger partial charge in [-0.3, -0.25) is 9.59 Å². The molecule has 0 aliphatic carbocycles. The summed E-state index contributed by atoms with van der Waals surface area (Å²) in [6.07, 6.45) is 47.9. The largest absolute Gasteiger partial charge is 0.545 e. The molecular formula is C49H81NO8. The predicted molar refractivity (Wildman–Crippen MR) is 237 cm³/mol. The third-order valence-electron chi connectivity index (χ3n) is 8.91. The summed E-state index contributed by atoms with van der Waals surface area (Å²) in [5.74, 6) is -2.47. The first kappa shape index (κ1) is 54.5.